The minimum absolute atomic E-state index is 0.0123. The molecule has 216 valence electrons. The van der Waals surface area contributed by atoms with E-state index in [-0.39, 0.29) is 9.58 Å². The fraction of sp³-hybridized carbons (Fsp3) is 0.586. The lowest BCUT2D eigenvalue weighted by Crippen LogP contribution is -2.24. The predicted molar refractivity (Wildman–Crippen MR) is 175 cm³/mol. The molecule has 38 heavy (non-hydrogen) atoms. The van der Waals surface area contributed by atoms with E-state index in [0.717, 1.165) is 38.2 Å². The third-order valence-electron chi connectivity index (χ3n) is 5.09. The van der Waals surface area contributed by atoms with Crippen LogP contribution in [0.25, 0.3) is 10.8 Å². The van der Waals surface area contributed by atoms with E-state index in [1.165, 1.54) is 36.4 Å². The Morgan fingerprint density at radius 1 is 1.24 bits per heavy atom. The van der Waals surface area contributed by atoms with Crippen LogP contribution in [-0.4, -0.2) is 24.0 Å². The number of aliphatic imine (C=N–C) groups is 1. The van der Waals surface area contributed by atoms with E-state index in [9.17, 15) is 4.79 Å². The summed E-state index contributed by atoms with van der Waals surface area (Å²) in [6.07, 6.45) is 7.84. The first-order chi connectivity index (χ1) is 18.1. The Labute approximate surface area is 247 Å². The van der Waals surface area contributed by atoms with Crippen molar-refractivity contribution in [2.45, 2.75) is 92.7 Å². The molecule has 0 bridgehead atoms. The molecule has 2 rings (SSSR count). The van der Waals surface area contributed by atoms with Crippen LogP contribution in [0, 0.1) is 17.7 Å². The molecule has 2 atom stereocenters. The zero-order valence-corrected chi connectivity index (χ0v) is 27.9. The van der Waals surface area contributed by atoms with E-state index in [1.54, 1.807) is 18.0 Å². The average molecular weight is 603 g/mol. The van der Waals surface area contributed by atoms with Gasteiger partial charge in [0.15, 0.2) is 5.82 Å². The van der Waals surface area contributed by atoms with Crippen molar-refractivity contribution in [2.24, 2.45) is 16.8 Å². The largest absolute Gasteiger partial charge is 0.461 e. The average Bonchev–Trinajstić information content (AvgIpc) is 3.42. The summed E-state index contributed by atoms with van der Waals surface area (Å²) < 4.78 is 22.2. The maximum Gasteiger partial charge on any atom is 0.351 e. The highest BCUT2D eigenvalue weighted by Gasteiger charge is 2.24. The number of carbonyl (C=O) groups is 1. The fourth-order valence-electron chi connectivity index (χ4n) is 3.24. The monoisotopic (exact) mass is 602 g/mol. The molecule has 0 fully saturated rings. The Morgan fingerprint density at radius 3 is 2.45 bits per heavy atom. The maximum atomic E-state index is 15.5. The van der Waals surface area contributed by atoms with E-state index in [1.807, 2.05) is 47.7 Å². The Morgan fingerprint density at radius 2 is 1.89 bits per heavy atom. The van der Waals surface area contributed by atoms with E-state index < -0.39 is 11.8 Å². The maximum absolute atomic E-state index is 15.5. The van der Waals surface area contributed by atoms with Crippen molar-refractivity contribution in [1.29, 1.82) is 0 Å². The molecular weight excluding hydrogens is 556 g/mol. The number of rotatable bonds is 13. The molecule has 4 nitrogen and oxygen atoms in total. The van der Waals surface area contributed by atoms with Crippen molar-refractivity contribution in [2.75, 3.05) is 6.61 Å². The zero-order chi connectivity index (χ0) is 29.3. The van der Waals surface area contributed by atoms with Gasteiger partial charge in [0.25, 0.3) is 0 Å². The van der Waals surface area contributed by atoms with Gasteiger partial charge < -0.3 is 10.1 Å². The van der Waals surface area contributed by atoms with Crippen LogP contribution in [0.3, 0.4) is 0 Å². The highest BCUT2D eigenvalue weighted by molar-refractivity contribution is 8.35. The Kier molecular flexibility index (Phi) is 20.1. The van der Waals surface area contributed by atoms with Gasteiger partial charge >= 0.3 is 5.97 Å². The third kappa shape index (κ3) is 13.3. The van der Waals surface area contributed by atoms with Crippen molar-refractivity contribution in [3.63, 3.8) is 0 Å². The lowest BCUT2D eigenvalue weighted by molar-refractivity contribution is 0.0484. The second kappa shape index (κ2) is 20.7. The molecule has 1 aromatic heterocycles. The van der Waals surface area contributed by atoms with Gasteiger partial charge in [-0.1, -0.05) is 110 Å². The highest BCUT2D eigenvalue weighted by Crippen LogP contribution is 2.43. The molecule has 2 heterocycles. The van der Waals surface area contributed by atoms with Crippen LogP contribution in [0.4, 0.5) is 4.39 Å². The number of ether oxygens (including phenoxy) is 1. The summed E-state index contributed by atoms with van der Waals surface area (Å²) in [6.45, 7) is 26.4. The van der Waals surface area contributed by atoms with Crippen molar-refractivity contribution in [3.8, 4) is 0 Å². The van der Waals surface area contributed by atoms with Crippen molar-refractivity contribution >= 4 is 70.1 Å². The highest BCUT2D eigenvalue weighted by atomic mass is 32.2. The SMILES string of the molecule is C=N/C=C(/C)S/C(SC1NC=C(C)S1)=c1\c(F)c(C(=O)OCCC(C)CCCC(C)C)sc1=C.CC.CC. The second-order valence-corrected chi connectivity index (χ2v) is 14.1. The van der Waals surface area contributed by atoms with Crippen LogP contribution in [0.2, 0.25) is 0 Å². The topological polar surface area (TPSA) is 50.7 Å². The number of thioether (sulfide) groups is 3. The normalized spacial score (nSPS) is 16.3. The van der Waals surface area contributed by atoms with Gasteiger partial charge in [-0.15, -0.1) is 11.3 Å². The van der Waals surface area contributed by atoms with Gasteiger partial charge in [-0.25, -0.2) is 9.18 Å². The summed E-state index contributed by atoms with van der Waals surface area (Å²) in [5.74, 6) is -0.0139. The van der Waals surface area contributed by atoms with Gasteiger partial charge in [0.2, 0.25) is 0 Å². The van der Waals surface area contributed by atoms with Crippen LogP contribution in [-0.2, 0) is 4.74 Å². The first kappa shape index (κ1) is 36.8. The number of halogens is 1. The van der Waals surface area contributed by atoms with Crippen molar-refractivity contribution < 1.29 is 13.9 Å². The number of nitrogens with zero attached hydrogens (tertiary/aromatic N) is 1. The summed E-state index contributed by atoms with van der Waals surface area (Å²) >= 11 is 5.61. The molecule has 9 heteroatoms. The number of hydrogen-bond donors (Lipinski definition) is 1. The van der Waals surface area contributed by atoms with Crippen molar-refractivity contribution in [3.05, 3.63) is 42.7 Å². The summed E-state index contributed by atoms with van der Waals surface area (Å²) in [5.41, 5.74) is 0. The zero-order valence-electron chi connectivity index (χ0n) is 24.6. The summed E-state index contributed by atoms with van der Waals surface area (Å²) in [4.78, 5) is 18.5. The Bertz CT molecular complexity index is 1030. The number of nitrogens with one attached hydrogen (secondary N) is 1. The Balaban J connectivity index is 0.00000326. The third-order valence-corrected chi connectivity index (χ3v) is 9.63. The molecule has 0 spiro atoms. The predicted octanol–water partition coefficient (Wildman–Crippen LogP) is 8.93. The molecule has 0 radical (unpaired) electrons. The first-order valence-corrected chi connectivity index (χ1v) is 16.8. The van der Waals surface area contributed by atoms with Gasteiger partial charge in [0.05, 0.1) is 10.8 Å². The summed E-state index contributed by atoms with van der Waals surface area (Å²) in [6, 6.07) is 0. The van der Waals surface area contributed by atoms with Gasteiger partial charge in [-0.2, -0.15) is 0 Å². The number of thiophene rings is 1. The number of allylic oxidation sites excluding steroid dienone is 2. The minimum Gasteiger partial charge on any atom is -0.461 e. The van der Waals surface area contributed by atoms with Crippen LogP contribution < -0.4 is 15.1 Å². The van der Waals surface area contributed by atoms with E-state index in [4.69, 9.17) is 4.74 Å². The molecule has 1 aliphatic heterocycles. The van der Waals surface area contributed by atoms with Crippen LogP contribution in [0.15, 0.2) is 27.2 Å². The van der Waals surface area contributed by atoms with Crippen LogP contribution in [0.1, 0.15) is 97.7 Å². The smallest absolute Gasteiger partial charge is 0.351 e. The standard InChI is InChI=1S/C25H35FN2O2S4.2C2H6/c1-15(2)9-8-10-16(3)11-12-30-23(29)22-21(26)20(19(6)33-22)24(31-17(4)13-27-7)34-25-28-14-18(5)32-25;2*1-2/h13-16,25,28H,6-12H2,1-5H3;2*1-2H3/b17-13-,24-20+;;. The van der Waals surface area contributed by atoms with Crippen LogP contribution in [0.5, 0.6) is 0 Å². The van der Waals surface area contributed by atoms with Gasteiger partial charge in [-0.3, -0.25) is 4.99 Å². The molecule has 1 aromatic rings. The lowest BCUT2D eigenvalue weighted by Gasteiger charge is -2.13. The summed E-state index contributed by atoms with van der Waals surface area (Å²) in [7, 11) is 0. The molecule has 0 amide bonds. The molecule has 0 aliphatic carbocycles. The Hall–Kier alpha value is -1.16. The quantitative estimate of drug-likeness (QED) is 0.180. The van der Waals surface area contributed by atoms with Gasteiger partial charge in [0, 0.05) is 32.0 Å². The van der Waals surface area contributed by atoms with Gasteiger partial charge in [0.1, 0.15) is 9.58 Å². The fourth-order valence-corrected chi connectivity index (χ4v) is 8.24. The number of carbonyl (C=O) groups excluding carboxylic acids is 1. The lowest BCUT2D eigenvalue weighted by atomic mass is 9.98. The molecule has 2 unspecified atom stereocenters. The van der Waals surface area contributed by atoms with Gasteiger partial charge in [-0.05, 0) is 38.8 Å². The molecule has 0 saturated heterocycles. The first-order valence-electron chi connectivity index (χ1n) is 13.4. The van der Waals surface area contributed by atoms with Crippen molar-refractivity contribution in [1.82, 2.24) is 5.32 Å². The minimum atomic E-state index is -0.617. The second-order valence-electron chi connectivity index (χ2n) is 8.70. The van der Waals surface area contributed by atoms with Crippen LogP contribution >= 0.6 is 46.6 Å². The number of esters is 1. The molecule has 0 saturated carbocycles. The van der Waals surface area contributed by atoms with E-state index >= 15 is 4.39 Å². The molecule has 0 aromatic carbocycles. The van der Waals surface area contributed by atoms with E-state index in [0.29, 0.717) is 28.2 Å². The van der Waals surface area contributed by atoms with E-state index in [2.05, 4.69) is 44.4 Å². The summed E-state index contributed by atoms with van der Waals surface area (Å²) in [5, 5.41) is 3.64. The molecule has 1 aliphatic rings. The molecular formula is C29H47FN2O2S4. The molecule has 1 N–H and O–H groups in total. The number of hydrogen-bond acceptors (Lipinski definition) is 8.